The van der Waals surface area contributed by atoms with Crippen molar-refractivity contribution in [2.24, 2.45) is 0 Å². The van der Waals surface area contributed by atoms with Crippen LogP contribution in [0.4, 0.5) is 0 Å². The van der Waals surface area contributed by atoms with Crippen LogP contribution in [0.1, 0.15) is 18.9 Å². The van der Waals surface area contributed by atoms with E-state index in [4.69, 9.17) is 11.6 Å². The van der Waals surface area contributed by atoms with Gasteiger partial charge in [0.15, 0.2) is 0 Å². The van der Waals surface area contributed by atoms with Crippen LogP contribution in [0.2, 0.25) is 4.47 Å². The van der Waals surface area contributed by atoms with E-state index in [2.05, 4.69) is 34.3 Å². The first kappa shape index (κ1) is 11.3. The van der Waals surface area contributed by atoms with Crippen molar-refractivity contribution < 1.29 is 0 Å². The van der Waals surface area contributed by atoms with Crippen LogP contribution in [0, 0.1) is 0 Å². The standard InChI is InChI=1S/C9H15ClN4S/c1-6-3-14(4-7(2)11-6)5-8-12-13-9(10)15-8/h6-7,11H,3-5H2,1-2H3. The molecule has 2 atom stereocenters. The van der Waals surface area contributed by atoms with E-state index >= 15 is 0 Å². The molecule has 2 rings (SSSR count). The molecular weight excluding hydrogens is 232 g/mol. The van der Waals surface area contributed by atoms with Crippen LogP contribution >= 0.6 is 22.9 Å². The summed E-state index contributed by atoms with van der Waals surface area (Å²) in [4.78, 5) is 2.39. The average molecular weight is 247 g/mol. The Hall–Kier alpha value is -0.230. The monoisotopic (exact) mass is 246 g/mol. The van der Waals surface area contributed by atoms with E-state index < -0.39 is 0 Å². The molecule has 1 N–H and O–H groups in total. The molecule has 84 valence electrons. The number of nitrogens with zero attached hydrogens (tertiary/aromatic N) is 3. The first-order valence-electron chi connectivity index (χ1n) is 5.10. The van der Waals surface area contributed by atoms with Gasteiger partial charge in [-0.15, -0.1) is 10.2 Å². The van der Waals surface area contributed by atoms with Gasteiger partial charge in [0.05, 0.1) is 6.54 Å². The quantitative estimate of drug-likeness (QED) is 0.856. The molecule has 0 saturated carbocycles. The Morgan fingerprint density at radius 3 is 2.60 bits per heavy atom. The number of nitrogens with one attached hydrogen (secondary N) is 1. The highest BCUT2D eigenvalue weighted by Gasteiger charge is 2.21. The Bertz CT molecular complexity index is 320. The minimum atomic E-state index is 0.529. The van der Waals surface area contributed by atoms with Crippen LogP contribution in [0.3, 0.4) is 0 Å². The van der Waals surface area contributed by atoms with Gasteiger partial charge in [-0.25, -0.2) is 0 Å². The number of hydrogen-bond donors (Lipinski definition) is 1. The van der Waals surface area contributed by atoms with Gasteiger partial charge in [-0.3, -0.25) is 4.90 Å². The van der Waals surface area contributed by atoms with E-state index in [9.17, 15) is 0 Å². The van der Waals surface area contributed by atoms with Crippen molar-refractivity contribution in [3.63, 3.8) is 0 Å². The molecule has 1 aromatic rings. The van der Waals surface area contributed by atoms with Crippen LogP contribution < -0.4 is 5.32 Å². The van der Waals surface area contributed by atoms with Crippen molar-refractivity contribution in [1.82, 2.24) is 20.4 Å². The number of rotatable bonds is 2. The first-order chi connectivity index (χ1) is 7.13. The molecule has 6 heteroatoms. The summed E-state index contributed by atoms with van der Waals surface area (Å²) in [7, 11) is 0. The summed E-state index contributed by atoms with van der Waals surface area (Å²) in [6.45, 7) is 7.38. The fourth-order valence-corrected chi connectivity index (χ4v) is 2.97. The van der Waals surface area contributed by atoms with Crippen molar-refractivity contribution in [1.29, 1.82) is 0 Å². The second-order valence-corrected chi connectivity index (χ2v) is 5.76. The normalized spacial score (nSPS) is 28.2. The second-order valence-electron chi connectivity index (χ2n) is 4.11. The molecule has 4 nitrogen and oxygen atoms in total. The highest BCUT2D eigenvalue weighted by molar-refractivity contribution is 7.15. The Labute approximate surface area is 98.6 Å². The topological polar surface area (TPSA) is 41.1 Å². The smallest absolute Gasteiger partial charge is 0.207 e. The molecule has 1 aromatic heterocycles. The number of piperazine rings is 1. The van der Waals surface area contributed by atoms with Crippen LogP contribution in [0.15, 0.2) is 0 Å². The highest BCUT2D eigenvalue weighted by Crippen LogP contribution is 2.17. The van der Waals surface area contributed by atoms with Gasteiger partial charge < -0.3 is 5.32 Å². The van der Waals surface area contributed by atoms with Gasteiger partial charge in [0.25, 0.3) is 0 Å². The first-order valence-corrected chi connectivity index (χ1v) is 6.29. The summed E-state index contributed by atoms with van der Waals surface area (Å²) in [6.07, 6.45) is 0. The maximum Gasteiger partial charge on any atom is 0.207 e. The van der Waals surface area contributed by atoms with Gasteiger partial charge in [-0.05, 0) is 25.4 Å². The maximum atomic E-state index is 5.75. The minimum absolute atomic E-state index is 0.529. The number of hydrogen-bond acceptors (Lipinski definition) is 5. The van der Waals surface area contributed by atoms with E-state index in [1.165, 1.54) is 11.3 Å². The average Bonchev–Trinajstić information content (AvgIpc) is 2.49. The third kappa shape index (κ3) is 3.11. The van der Waals surface area contributed by atoms with Gasteiger partial charge in [0.1, 0.15) is 5.01 Å². The molecular formula is C9H15ClN4S. The van der Waals surface area contributed by atoms with Crippen LogP contribution in [-0.2, 0) is 6.54 Å². The summed E-state index contributed by atoms with van der Waals surface area (Å²) in [5.41, 5.74) is 0. The molecule has 0 aliphatic carbocycles. The summed E-state index contributed by atoms with van der Waals surface area (Å²) >= 11 is 7.21. The van der Waals surface area contributed by atoms with E-state index in [0.717, 1.165) is 24.6 Å². The van der Waals surface area contributed by atoms with Crippen LogP contribution in [-0.4, -0.2) is 40.3 Å². The fraction of sp³-hybridized carbons (Fsp3) is 0.778. The zero-order chi connectivity index (χ0) is 10.8. The van der Waals surface area contributed by atoms with Crippen LogP contribution in [0.25, 0.3) is 0 Å². The van der Waals surface area contributed by atoms with Gasteiger partial charge >= 0.3 is 0 Å². The predicted molar refractivity (Wildman–Crippen MR) is 62.3 cm³/mol. The largest absolute Gasteiger partial charge is 0.309 e. The summed E-state index contributed by atoms with van der Waals surface area (Å²) in [5.74, 6) is 0. The molecule has 0 spiro atoms. The minimum Gasteiger partial charge on any atom is -0.309 e. The SMILES string of the molecule is CC1CN(Cc2nnc(Cl)s2)CC(C)N1. The Morgan fingerprint density at radius 1 is 1.40 bits per heavy atom. The molecule has 0 radical (unpaired) electrons. The molecule has 0 amide bonds. The lowest BCUT2D eigenvalue weighted by Gasteiger charge is -2.35. The van der Waals surface area contributed by atoms with E-state index in [-0.39, 0.29) is 0 Å². The maximum absolute atomic E-state index is 5.75. The summed E-state index contributed by atoms with van der Waals surface area (Å²) in [5, 5.41) is 12.3. The summed E-state index contributed by atoms with van der Waals surface area (Å²) in [6, 6.07) is 1.08. The van der Waals surface area contributed by atoms with Gasteiger partial charge in [-0.2, -0.15) is 0 Å². The Morgan fingerprint density at radius 2 is 2.07 bits per heavy atom. The molecule has 0 bridgehead atoms. The van der Waals surface area contributed by atoms with Crippen molar-refractivity contribution in [3.8, 4) is 0 Å². The zero-order valence-corrected chi connectivity index (χ0v) is 10.5. The molecule has 1 fully saturated rings. The third-order valence-corrected chi connectivity index (χ3v) is 3.44. The van der Waals surface area contributed by atoms with Gasteiger partial charge in [-0.1, -0.05) is 11.3 Å². The fourth-order valence-electron chi connectivity index (χ4n) is 2.06. The Balaban J connectivity index is 1.94. The van der Waals surface area contributed by atoms with Crippen molar-refractivity contribution >= 4 is 22.9 Å². The van der Waals surface area contributed by atoms with E-state index in [0.29, 0.717) is 16.6 Å². The van der Waals surface area contributed by atoms with Crippen molar-refractivity contribution in [2.75, 3.05) is 13.1 Å². The molecule has 2 heterocycles. The lowest BCUT2D eigenvalue weighted by molar-refractivity contribution is 0.166. The summed E-state index contributed by atoms with van der Waals surface area (Å²) < 4.78 is 0.529. The predicted octanol–water partition coefficient (Wildman–Crippen LogP) is 1.37. The highest BCUT2D eigenvalue weighted by atomic mass is 35.5. The van der Waals surface area contributed by atoms with E-state index in [1.807, 2.05) is 0 Å². The van der Waals surface area contributed by atoms with Gasteiger partial charge in [0.2, 0.25) is 4.47 Å². The third-order valence-electron chi connectivity index (χ3n) is 2.43. The van der Waals surface area contributed by atoms with Crippen LogP contribution in [0.5, 0.6) is 0 Å². The molecule has 0 aromatic carbocycles. The lowest BCUT2D eigenvalue weighted by atomic mass is 10.1. The molecule has 15 heavy (non-hydrogen) atoms. The molecule has 1 aliphatic rings. The molecule has 1 aliphatic heterocycles. The second kappa shape index (κ2) is 4.74. The van der Waals surface area contributed by atoms with Crippen molar-refractivity contribution in [3.05, 3.63) is 9.47 Å². The Kier molecular flexibility index (Phi) is 3.56. The molecule has 2 unspecified atom stereocenters. The lowest BCUT2D eigenvalue weighted by Crippen LogP contribution is -2.53. The number of aromatic nitrogens is 2. The number of halogens is 1. The van der Waals surface area contributed by atoms with Gasteiger partial charge in [0, 0.05) is 25.2 Å². The van der Waals surface area contributed by atoms with Crippen molar-refractivity contribution in [2.45, 2.75) is 32.5 Å². The zero-order valence-electron chi connectivity index (χ0n) is 8.90. The van der Waals surface area contributed by atoms with E-state index in [1.54, 1.807) is 0 Å². The molecule has 1 saturated heterocycles.